The minimum absolute atomic E-state index is 0.164. The molecule has 0 aliphatic rings. The van der Waals surface area contributed by atoms with Crippen LogP contribution >= 0.6 is 0 Å². The highest BCUT2D eigenvalue weighted by molar-refractivity contribution is 6.01. The average Bonchev–Trinajstić information content (AvgIpc) is 3.11. The van der Waals surface area contributed by atoms with Crippen molar-refractivity contribution < 1.29 is 4.42 Å². The summed E-state index contributed by atoms with van der Waals surface area (Å²) < 4.78 is 7.33. The van der Waals surface area contributed by atoms with E-state index in [9.17, 15) is 4.79 Å². The third-order valence-corrected chi connectivity index (χ3v) is 4.76. The summed E-state index contributed by atoms with van der Waals surface area (Å²) in [6.45, 7) is 0.452. The Morgan fingerprint density at radius 1 is 0.815 bits per heavy atom. The van der Waals surface area contributed by atoms with Gasteiger partial charge in [0, 0.05) is 5.39 Å². The first-order chi connectivity index (χ1) is 13.3. The fraction of sp³-hybridized carbons (Fsp3) is 0.0435. The fourth-order valence-electron chi connectivity index (χ4n) is 3.36. The maximum absolute atomic E-state index is 12.8. The largest absolute Gasteiger partial charge is 0.448 e. The van der Waals surface area contributed by atoms with Gasteiger partial charge >= 0.3 is 0 Å². The molecule has 4 nitrogen and oxygen atoms in total. The van der Waals surface area contributed by atoms with Crippen molar-refractivity contribution in [1.82, 2.24) is 9.55 Å². The van der Waals surface area contributed by atoms with E-state index in [4.69, 9.17) is 4.42 Å². The van der Waals surface area contributed by atoms with Crippen molar-refractivity contribution in [2.45, 2.75) is 6.54 Å². The van der Waals surface area contributed by atoms with Crippen LogP contribution in [0.3, 0.4) is 0 Å². The molecule has 0 saturated heterocycles. The van der Waals surface area contributed by atoms with E-state index in [1.54, 1.807) is 10.9 Å². The van der Waals surface area contributed by atoms with Gasteiger partial charge in [0.05, 0.1) is 12.9 Å². The molecule has 0 spiro atoms. The van der Waals surface area contributed by atoms with E-state index in [1.165, 1.54) is 5.56 Å². The molecule has 3 aromatic carbocycles. The van der Waals surface area contributed by atoms with Crippen LogP contribution in [0.15, 0.2) is 94.4 Å². The second kappa shape index (κ2) is 6.25. The van der Waals surface area contributed by atoms with Gasteiger partial charge < -0.3 is 4.42 Å². The van der Waals surface area contributed by atoms with E-state index in [-0.39, 0.29) is 5.56 Å². The van der Waals surface area contributed by atoms with Gasteiger partial charge in [-0.05, 0) is 28.8 Å². The van der Waals surface area contributed by atoms with Crippen LogP contribution in [0.1, 0.15) is 5.56 Å². The van der Waals surface area contributed by atoms with E-state index in [2.05, 4.69) is 29.2 Å². The lowest BCUT2D eigenvalue weighted by atomic mass is 10.0. The molecule has 0 saturated carbocycles. The molecule has 4 heteroatoms. The number of nitrogens with zero attached hydrogens (tertiary/aromatic N) is 2. The summed E-state index contributed by atoms with van der Waals surface area (Å²) >= 11 is 0. The van der Waals surface area contributed by atoms with E-state index >= 15 is 0 Å². The van der Waals surface area contributed by atoms with Crippen molar-refractivity contribution in [3.8, 4) is 11.1 Å². The summed E-state index contributed by atoms with van der Waals surface area (Å²) in [4.78, 5) is 17.3. The summed E-state index contributed by atoms with van der Waals surface area (Å²) in [6.07, 6.45) is 1.59. The Balaban J connectivity index is 1.50. The monoisotopic (exact) mass is 352 g/mol. The van der Waals surface area contributed by atoms with Gasteiger partial charge in [-0.2, -0.15) is 0 Å². The molecule has 2 aromatic heterocycles. The lowest BCUT2D eigenvalue weighted by molar-refractivity contribution is 0.642. The number of para-hydroxylation sites is 1. The average molecular weight is 352 g/mol. The molecule has 2 heterocycles. The van der Waals surface area contributed by atoms with Crippen LogP contribution in [0.2, 0.25) is 0 Å². The molecule has 5 rings (SSSR count). The number of hydrogen-bond acceptors (Lipinski definition) is 3. The predicted octanol–water partition coefficient (Wildman–Crippen LogP) is 4.86. The van der Waals surface area contributed by atoms with Crippen molar-refractivity contribution in [3.05, 3.63) is 101 Å². The Labute approximate surface area is 155 Å². The predicted molar refractivity (Wildman–Crippen MR) is 107 cm³/mol. The van der Waals surface area contributed by atoms with Gasteiger partial charge in [-0.25, -0.2) is 4.98 Å². The van der Waals surface area contributed by atoms with Gasteiger partial charge in [-0.1, -0.05) is 66.7 Å². The third kappa shape index (κ3) is 2.72. The lowest BCUT2D eigenvalue weighted by Gasteiger charge is -2.07. The first-order valence-corrected chi connectivity index (χ1v) is 8.81. The zero-order valence-electron chi connectivity index (χ0n) is 14.5. The second-order valence-corrected chi connectivity index (χ2v) is 6.52. The second-order valence-electron chi connectivity index (χ2n) is 6.52. The topological polar surface area (TPSA) is 48.0 Å². The Morgan fingerprint density at radius 3 is 2.33 bits per heavy atom. The maximum atomic E-state index is 12.8. The highest BCUT2D eigenvalue weighted by Gasteiger charge is 2.13. The molecule has 0 bridgehead atoms. The molecule has 130 valence electrons. The summed E-state index contributed by atoms with van der Waals surface area (Å²) in [6, 6.07) is 26.0. The normalized spacial score (nSPS) is 11.3. The zero-order valence-corrected chi connectivity index (χ0v) is 14.5. The summed E-state index contributed by atoms with van der Waals surface area (Å²) in [5.41, 5.74) is 4.80. The highest BCUT2D eigenvalue weighted by atomic mass is 16.3. The molecule has 0 aliphatic heterocycles. The Bertz CT molecular complexity index is 1300. The van der Waals surface area contributed by atoms with Gasteiger partial charge in [-0.15, -0.1) is 0 Å². The molecule has 0 amide bonds. The minimum Gasteiger partial charge on any atom is -0.448 e. The zero-order chi connectivity index (χ0) is 18.2. The molecule has 0 unspecified atom stereocenters. The van der Waals surface area contributed by atoms with Crippen LogP contribution in [0.4, 0.5) is 0 Å². The summed E-state index contributed by atoms with van der Waals surface area (Å²) in [5.74, 6) is 0. The molecule has 0 fully saturated rings. The quantitative estimate of drug-likeness (QED) is 0.466. The molecule has 0 N–H and O–H groups in total. The van der Waals surface area contributed by atoms with Crippen molar-refractivity contribution in [1.29, 1.82) is 0 Å². The van der Waals surface area contributed by atoms with Gasteiger partial charge in [0.15, 0.2) is 0 Å². The number of rotatable bonds is 3. The Kier molecular flexibility index (Phi) is 3.61. The van der Waals surface area contributed by atoms with Gasteiger partial charge in [0.2, 0.25) is 5.58 Å². The van der Waals surface area contributed by atoms with E-state index < -0.39 is 0 Å². The van der Waals surface area contributed by atoms with Gasteiger partial charge in [0.1, 0.15) is 11.1 Å². The third-order valence-electron chi connectivity index (χ3n) is 4.76. The van der Waals surface area contributed by atoms with Crippen LogP contribution in [0, 0.1) is 0 Å². The van der Waals surface area contributed by atoms with Crippen molar-refractivity contribution in [2.75, 3.05) is 0 Å². The standard InChI is InChI=1S/C23H16N2O2/c26-23-22-21(19-8-4-5-9-20(19)27-22)24-15-25(23)14-16-10-12-18(13-11-16)17-6-2-1-3-7-17/h1-13,15H,14H2. The van der Waals surface area contributed by atoms with Crippen LogP contribution in [-0.4, -0.2) is 9.55 Å². The van der Waals surface area contributed by atoms with E-state index in [0.29, 0.717) is 23.2 Å². The first kappa shape index (κ1) is 15.6. The molecular formula is C23H16N2O2. The minimum atomic E-state index is -0.164. The molecule has 27 heavy (non-hydrogen) atoms. The first-order valence-electron chi connectivity index (χ1n) is 8.81. The van der Waals surface area contributed by atoms with Crippen LogP contribution < -0.4 is 5.56 Å². The molecule has 0 aliphatic carbocycles. The summed E-state index contributed by atoms with van der Waals surface area (Å²) in [7, 11) is 0. The number of benzene rings is 3. The van der Waals surface area contributed by atoms with Crippen molar-refractivity contribution >= 4 is 22.1 Å². The lowest BCUT2D eigenvalue weighted by Crippen LogP contribution is -2.20. The Hall–Kier alpha value is -3.66. The van der Waals surface area contributed by atoms with Crippen LogP contribution in [0.25, 0.3) is 33.2 Å². The highest BCUT2D eigenvalue weighted by Crippen LogP contribution is 2.24. The molecule has 0 atom stereocenters. The maximum Gasteiger partial charge on any atom is 0.297 e. The SMILES string of the molecule is O=c1c2oc3ccccc3c2ncn1Cc1ccc(-c2ccccc2)cc1. The molecular weight excluding hydrogens is 336 g/mol. The van der Waals surface area contributed by atoms with Crippen LogP contribution in [0.5, 0.6) is 0 Å². The Morgan fingerprint density at radius 2 is 1.52 bits per heavy atom. The number of hydrogen-bond donors (Lipinski definition) is 0. The van der Waals surface area contributed by atoms with E-state index in [0.717, 1.165) is 16.5 Å². The van der Waals surface area contributed by atoms with Crippen molar-refractivity contribution in [2.24, 2.45) is 0 Å². The molecule has 5 aromatic rings. The van der Waals surface area contributed by atoms with Crippen LogP contribution in [-0.2, 0) is 6.54 Å². The summed E-state index contributed by atoms with van der Waals surface area (Å²) in [5, 5.41) is 0.865. The van der Waals surface area contributed by atoms with E-state index in [1.807, 2.05) is 54.6 Å². The number of aromatic nitrogens is 2. The number of furan rings is 1. The fourth-order valence-corrected chi connectivity index (χ4v) is 3.36. The van der Waals surface area contributed by atoms with Gasteiger partial charge in [0.25, 0.3) is 5.56 Å². The number of fused-ring (bicyclic) bond motifs is 3. The van der Waals surface area contributed by atoms with Gasteiger partial charge in [-0.3, -0.25) is 9.36 Å². The smallest absolute Gasteiger partial charge is 0.297 e. The molecule has 0 radical (unpaired) electrons. The van der Waals surface area contributed by atoms with Crippen molar-refractivity contribution in [3.63, 3.8) is 0 Å².